The van der Waals surface area contributed by atoms with Gasteiger partial charge in [-0.05, 0) is 44.1 Å². The fourth-order valence-electron chi connectivity index (χ4n) is 2.14. The molecule has 0 radical (unpaired) electrons. The number of esters is 1. The van der Waals surface area contributed by atoms with Crippen LogP contribution < -0.4 is 5.32 Å². The second kappa shape index (κ2) is 15.3. The number of ketones is 1. The molecule has 2 unspecified atom stereocenters. The van der Waals surface area contributed by atoms with E-state index in [4.69, 9.17) is 14.9 Å². The summed E-state index contributed by atoms with van der Waals surface area (Å²) in [7, 11) is 0. The number of aliphatic hydroxyl groups is 4. The Morgan fingerprint density at radius 3 is 2.47 bits per heavy atom. The van der Waals surface area contributed by atoms with Crippen LogP contribution in [-0.2, 0) is 14.3 Å². The van der Waals surface area contributed by atoms with Gasteiger partial charge in [-0.25, -0.2) is 9.18 Å². The Morgan fingerprint density at radius 2 is 1.93 bits per heavy atom. The fourth-order valence-corrected chi connectivity index (χ4v) is 2.14. The zero-order valence-corrected chi connectivity index (χ0v) is 17.2. The van der Waals surface area contributed by atoms with E-state index < -0.39 is 29.8 Å². The molecule has 0 saturated heterocycles. The molecule has 0 aromatic heterocycles. The number of rotatable bonds is 14. The molecule has 0 spiro atoms. The number of allylic oxidation sites excluding steroid dienone is 3. The van der Waals surface area contributed by atoms with Crippen LogP contribution in [0.3, 0.4) is 0 Å². The van der Waals surface area contributed by atoms with E-state index in [1.54, 1.807) is 6.92 Å². The highest BCUT2D eigenvalue weighted by Crippen LogP contribution is 2.16. The number of ether oxygens (including phenoxy) is 1. The molecule has 9 heteroatoms. The van der Waals surface area contributed by atoms with E-state index in [1.165, 1.54) is 31.2 Å². The third-order valence-corrected chi connectivity index (χ3v) is 3.73. The minimum Gasteiger partial charge on any atom is -0.462 e. The first-order valence-corrected chi connectivity index (χ1v) is 9.35. The average Bonchev–Trinajstić information content (AvgIpc) is 2.74. The van der Waals surface area contributed by atoms with Crippen molar-refractivity contribution in [1.29, 1.82) is 0 Å². The van der Waals surface area contributed by atoms with Crippen LogP contribution in [-0.4, -0.2) is 70.8 Å². The smallest absolute Gasteiger partial charge is 0.338 e. The van der Waals surface area contributed by atoms with Gasteiger partial charge in [0.15, 0.2) is 5.83 Å². The maximum atomic E-state index is 13.3. The highest BCUT2D eigenvalue weighted by molar-refractivity contribution is 5.97. The summed E-state index contributed by atoms with van der Waals surface area (Å²) in [5, 5.41) is 40.6. The Balaban J connectivity index is 5.59. The Labute approximate surface area is 175 Å². The van der Waals surface area contributed by atoms with Gasteiger partial charge in [0, 0.05) is 12.2 Å². The quantitative estimate of drug-likeness (QED) is 0.154. The Bertz CT molecular complexity index is 710. The summed E-state index contributed by atoms with van der Waals surface area (Å²) >= 11 is 0. The summed E-state index contributed by atoms with van der Waals surface area (Å²) in [6.07, 6.45) is 2.78. The van der Waals surface area contributed by atoms with Gasteiger partial charge in [0.25, 0.3) is 0 Å². The Kier molecular flexibility index (Phi) is 14.0. The van der Waals surface area contributed by atoms with E-state index in [0.717, 1.165) is 6.08 Å². The van der Waals surface area contributed by atoms with E-state index in [1.807, 2.05) is 0 Å². The van der Waals surface area contributed by atoms with Crippen LogP contribution in [0, 0.1) is 0 Å². The number of aliphatic hydroxyl groups excluding tert-OH is 4. The number of nitrogens with one attached hydrogen (secondary N) is 1. The topological polar surface area (TPSA) is 136 Å². The monoisotopic (exact) mass is 427 g/mol. The van der Waals surface area contributed by atoms with Gasteiger partial charge in [-0.1, -0.05) is 18.7 Å². The first kappa shape index (κ1) is 27.4. The molecule has 0 aliphatic carbocycles. The van der Waals surface area contributed by atoms with Crippen molar-refractivity contribution in [3.05, 3.63) is 59.6 Å². The SMILES string of the molecule is C=C(C(=O)OCC)C(=C\C(=C/CO)NCCO)/C=C/CC(O)C(O)C(=O)/C(F)=C\C. The maximum Gasteiger partial charge on any atom is 0.338 e. The third-order valence-electron chi connectivity index (χ3n) is 3.73. The molecule has 0 aliphatic heterocycles. The summed E-state index contributed by atoms with van der Waals surface area (Å²) in [5.74, 6) is -3.08. The summed E-state index contributed by atoms with van der Waals surface area (Å²) in [4.78, 5) is 23.6. The number of halogens is 1. The molecular formula is C21H30FNO7. The number of hydrogen-bond acceptors (Lipinski definition) is 8. The van der Waals surface area contributed by atoms with Gasteiger partial charge in [0.2, 0.25) is 5.78 Å². The largest absolute Gasteiger partial charge is 0.462 e. The van der Waals surface area contributed by atoms with E-state index in [9.17, 15) is 24.2 Å². The fraction of sp³-hybridized carbons (Fsp3) is 0.429. The molecule has 168 valence electrons. The highest BCUT2D eigenvalue weighted by atomic mass is 19.1. The maximum absolute atomic E-state index is 13.3. The second-order valence-electron chi connectivity index (χ2n) is 5.94. The predicted molar refractivity (Wildman–Crippen MR) is 110 cm³/mol. The second-order valence-corrected chi connectivity index (χ2v) is 5.94. The number of hydrogen-bond donors (Lipinski definition) is 5. The molecule has 0 amide bonds. The van der Waals surface area contributed by atoms with Crippen molar-refractivity contribution in [3.8, 4) is 0 Å². The lowest BCUT2D eigenvalue weighted by Gasteiger charge is -2.14. The lowest BCUT2D eigenvalue weighted by molar-refractivity contribution is -0.138. The molecule has 0 fully saturated rings. The lowest BCUT2D eigenvalue weighted by Crippen LogP contribution is -2.33. The molecule has 5 N–H and O–H groups in total. The molecule has 0 heterocycles. The molecule has 0 aromatic carbocycles. The van der Waals surface area contributed by atoms with Gasteiger partial charge >= 0.3 is 5.97 Å². The highest BCUT2D eigenvalue weighted by Gasteiger charge is 2.26. The predicted octanol–water partition coefficient (Wildman–Crippen LogP) is 0.601. The number of carbonyl (C=O) groups is 2. The number of Topliss-reactive ketones (excluding diaryl/α,β-unsaturated/α-hetero) is 1. The van der Waals surface area contributed by atoms with Crippen LogP contribution >= 0.6 is 0 Å². The zero-order chi connectivity index (χ0) is 23.1. The molecule has 0 aromatic rings. The van der Waals surface area contributed by atoms with Crippen molar-refractivity contribution >= 4 is 11.8 Å². The van der Waals surface area contributed by atoms with Crippen LogP contribution in [0.4, 0.5) is 4.39 Å². The van der Waals surface area contributed by atoms with Crippen LogP contribution in [0.15, 0.2) is 59.6 Å². The van der Waals surface area contributed by atoms with Crippen LogP contribution in [0.25, 0.3) is 0 Å². The van der Waals surface area contributed by atoms with Crippen molar-refractivity contribution < 1.29 is 39.1 Å². The van der Waals surface area contributed by atoms with Gasteiger partial charge in [0.05, 0.1) is 31.5 Å². The molecule has 30 heavy (non-hydrogen) atoms. The normalized spacial score (nSPS) is 15.1. The van der Waals surface area contributed by atoms with E-state index in [-0.39, 0.29) is 43.9 Å². The molecular weight excluding hydrogens is 397 g/mol. The van der Waals surface area contributed by atoms with Crippen molar-refractivity contribution in [3.63, 3.8) is 0 Å². The molecule has 2 atom stereocenters. The van der Waals surface area contributed by atoms with E-state index in [2.05, 4.69) is 11.9 Å². The van der Waals surface area contributed by atoms with Crippen molar-refractivity contribution in [2.45, 2.75) is 32.5 Å². The molecule has 0 bridgehead atoms. The van der Waals surface area contributed by atoms with Gasteiger partial charge in [0.1, 0.15) is 6.10 Å². The summed E-state index contributed by atoms with van der Waals surface area (Å²) in [6.45, 7) is 6.43. The molecule has 0 rings (SSSR count). The van der Waals surface area contributed by atoms with Crippen LogP contribution in [0.5, 0.6) is 0 Å². The van der Waals surface area contributed by atoms with Gasteiger partial charge in [-0.15, -0.1) is 0 Å². The van der Waals surface area contributed by atoms with Gasteiger partial charge in [-0.3, -0.25) is 4.79 Å². The van der Waals surface area contributed by atoms with Gasteiger partial charge in [-0.2, -0.15) is 0 Å². The van der Waals surface area contributed by atoms with E-state index >= 15 is 0 Å². The minimum atomic E-state index is -1.94. The standard InChI is InChI=1S/C21H30FNO7/c1-4-17(22)19(27)20(28)18(26)8-6-7-15(14(3)21(29)30-5-2)13-16(9-11-24)23-10-12-25/h4,6-7,9,13,18,20,23-26,28H,3,5,8,10-12H2,1-2H3/b7-6+,15-13-,16-9+,17-4+. The number of carbonyl (C=O) groups excluding carboxylic acids is 2. The summed E-state index contributed by atoms with van der Waals surface area (Å²) < 4.78 is 18.2. The van der Waals surface area contributed by atoms with Crippen molar-refractivity contribution in [1.82, 2.24) is 5.32 Å². The molecule has 0 aliphatic rings. The minimum absolute atomic E-state index is 0.0196. The van der Waals surface area contributed by atoms with E-state index in [0.29, 0.717) is 5.70 Å². The van der Waals surface area contributed by atoms with Crippen LogP contribution in [0.1, 0.15) is 20.3 Å². The molecule has 8 nitrogen and oxygen atoms in total. The Morgan fingerprint density at radius 1 is 1.27 bits per heavy atom. The Hall–Kier alpha value is -2.59. The summed E-state index contributed by atoms with van der Waals surface area (Å²) in [5.41, 5.74) is 0.627. The lowest BCUT2D eigenvalue weighted by atomic mass is 10.0. The van der Waals surface area contributed by atoms with Crippen LogP contribution in [0.2, 0.25) is 0 Å². The molecule has 0 saturated carbocycles. The van der Waals surface area contributed by atoms with Crippen molar-refractivity contribution in [2.24, 2.45) is 0 Å². The van der Waals surface area contributed by atoms with Crippen molar-refractivity contribution in [2.75, 3.05) is 26.4 Å². The first-order chi connectivity index (χ1) is 14.2. The zero-order valence-electron chi connectivity index (χ0n) is 17.2. The third kappa shape index (κ3) is 9.75. The first-order valence-electron chi connectivity index (χ1n) is 9.35. The summed E-state index contributed by atoms with van der Waals surface area (Å²) in [6, 6.07) is 0. The average molecular weight is 427 g/mol. The van der Waals surface area contributed by atoms with Gasteiger partial charge < -0.3 is 30.5 Å².